The molecule has 10 heteroatoms. The Morgan fingerprint density at radius 1 is 1.19 bits per heavy atom. The number of ether oxygens (including phenoxy) is 1. The zero-order valence-corrected chi connectivity index (χ0v) is 19.0. The third-order valence-electron chi connectivity index (χ3n) is 4.50. The number of aryl methyl sites for hydroxylation is 2. The third kappa shape index (κ3) is 5.56. The number of carbonyl (C=O) groups is 1. The van der Waals surface area contributed by atoms with Crippen molar-refractivity contribution < 1.29 is 22.5 Å². The van der Waals surface area contributed by atoms with Gasteiger partial charge in [0, 0.05) is 16.1 Å². The predicted octanol–water partition coefficient (Wildman–Crippen LogP) is 5.29. The van der Waals surface area contributed by atoms with Gasteiger partial charge in [-0.3, -0.25) is 10.0 Å². The quantitative estimate of drug-likeness (QED) is 0.513. The highest BCUT2D eigenvalue weighted by molar-refractivity contribution is 7.92. The smallest absolute Gasteiger partial charge is 0.412 e. The first-order chi connectivity index (χ1) is 14.5. The summed E-state index contributed by atoms with van der Waals surface area (Å²) in [6.45, 7) is 5.17. The topological polar surface area (TPSA) is 111 Å². The average molecular weight is 464 g/mol. The van der Waals surface area contributed by atoms with Crippen molar-refractivity contribution in [2.45, 2.75) is 26.9 Å². The maximum absolute atomic E-state index is 12.5. The minimum Gasteiger partial charge on any atom is -0.441 e. The summed E-state index contributed by atoms with van der Waals surface area (Å²) in [5, 5.41) is 7.11. The number of amides is 1. The van der Waals surface area contributed by atoms with E-state index >= 15 is 0 Å². The van der Waals surface area contributed by atoms with Crippen LogP contribution in [0, 0.1) is 13.8 Å². The fourth-order valence-corrected chi connectivity index (χ4v) is 3.91. The van der Waals surface area contributed by atoms with Crippen molar-refractivity contribution in [3.63, 3.8) is 0 Å². The minimum atomic E-state index is -3.40. The highest BCUT2D eigenvalue weighted by Crippen LogP contribution is 2.34. The number of benzene rings is 2. The normalized spacial score (nSPS) is 12.3. The van der Waals surface area contributed by atoms with Crippen molar-refractivity contribution in [3.05, 3.63) is 64.3 Å². The van der Waals surface area contributed by atoms with Gasteiger partial charge in [0.2, 0.25) is 10.0 Å². The standard InChI is InChI=1S/C21H22ClN3O5S/c1-12-11-15(9-10-18(12)25-31(4,27)28)20-19(13(2)24-30-20)23-21(26)29-14(3)16-7-5-6-8-17(16)22/h5-11,14,25H,1-4H3,(H,23,26). The van der Waals surface area contributed by atoms with Crippen LogP contribution in [0.15, 0.2) is 47.0 Å². The molecule has 0 aliphatic carbocycles. The number of carbonyl (C=O) groups excluding carboxylic acids is 1. The van der Waals surface area contributed by atoms with E-state index in [1.807, 2.05) is 6.07 Å². The molecular formula is C21H22ClN3O5S. The number of nitrogens with one attached hydrogen (secondary N) is 2. The molecule has 0 aliphatic heterocycles. The summed E-state index contributed by atoms with van der Waals surface area (Å²) in [5.74, 6) is 0.328. The van der Waals surface area contributed by atoms with Gasteiger partial charge in [0.25, 0.3) is 0 Å². The Hall–Kier alpha value is -3.04. The van der Waals surface area contributed by atoms with Gasteiger partial charge in [0.15, 0.2) is 5.76 Å². The highest BCUT2D eigenvalue weighted by Gasteiger charge is 2.21. The maximum Gasteiger partial charge on any atom is 0.412 e. The molecule has 8 nitrogen and oxygen atoms in total. The van der Waals surface area contributed by atoms with Gasteiger partial charge in [-0.15, -0.1) is 0 Å². The van der Waals surface area contributed by atoms with Crippen LogP contribution in [-0.2, 0) is 14.8 Å². The second kappa shape index (κ2) is 8.99. The summed E-state index contributed by atoms with van der Waals surface area (Å²) >= 11 is 6.16. The van der Waals surface area contributed by atoms with E-state index in [9.17, 15) is 13.2 Å². The molecule has 1 amide bonds. The number of hydrogen-bond donors (Lipinski definition) is 2. The van der Waals surface area contributed by atoms with Crippen LogP contribution < -0.4 is 10.0 Å². The van der Waals surface area contributed by atoms with Crippen LogP contribution in [0.3, 0.4) is 0 Å². The van der Waals surface area contributed by atoms with E-state index in [1.54, 1.807) is 57.2 Å². The Morgan fingerprint density at radius 2 is 1.90 bits per heavy atom. The number of anilines is 2. The lowest BCUT2D eigenvalue weighted by Gasteiger charge is -2.15. The van der Waals surface area contributed by atoms with Crippen LogP contribution in [0.25, 0.3) is 11.3 Å². The summed E-state index contributed by atoms with van der Waals surface area (Å²) in [6.07, 6.45) is -0.176. The van der Waals surface area contributed by atoms with E-state index in [0.29, 0.717) is 44.5 Å². The van der Waals surface area contributed by atoms with Crippen LogP contribution >= 0.6 is 11.6 Å². The fourth-order valence-electron chi connectivity index (χ4n) is 2.99. The summed E-state index contributed by atoms with van der Waals surface area (Å²) in [5.41, 5.74) is 3.26. The molecule has 1 heterocycles. The maximum atomic E-state index is 12.5. The molecule has 1 aromatic heterocycles. The van der Waals surface area contributed by atoms with Gasteiger partial charge in [-0.05, 0) is 50.6 Å². The van der Waals surface area contributed by atoms with Crippen molar-refractivity contribution in [2.24, 2.45) is 0 Å². The molecule has 2 aromatic carbocycles. The Labute approximate surface area is 185 Å². The zero-order valence-electron chi connectivity index (χ0n) is 17.4. The molecule has 0 saturated carbocycles. The fraction of sp³-hybridized carbons (Fsp3) is 0.238. The molecule has 1 unspecified atom stereocenters. The van der Waals surface area contributed by atoms with Crippen molar-refractivity contribution in [1.82, 2.24) is 5.16 Å². The molecule has 1 atom stereocenters. The van der Waals surface area contributed by atoms with Crippen molar-refractivity contribution in [2.75, 3.05) is 16.3 Å². The van der Waals surface area contributed by atoms with Gasteiger partial charge in [-0.1, -0.05) is 35.0 Å². The van der Waals surface area contributed by atoms with Crippen molar-refractivity contribution >= 4 is 39.1 Å². The predicted molar refractivity (Wildman–Crippen MR) is 120 cm³/mol. The van der Waals surface area contributed by atoms with E-state index in [-0.39, 0.29) is 0 Å². The van der Waals surface area contributed by atoms with E-state index in [1.165, 1.54) is 0 Å². The van der Waals surface area contributed by atoms with Gasteiger partial charge >= 0.3 is 6.09 Å². The first-order valence-corrected chi connectivity index (χ1v) is 11.6. The van der Waals surface area contributed by atoms with Gasteiger partial charge < -0.3 is 9.26 Å². The van der Waals surface area contributed by atoms with Crippen LogP contribution in [0.4, 0.5) is 16.2 Å². The number of rotatable bonds is 6. The molecule has 164 valence electrons. The summed E-state index contributed by atoms with van der Waals surface area (Å²) in [7, 11) is -3.40. The zero-order chi connectivity index (χ0) is 22.8. The molecule has 3 rings (SSSR count). The molecule has 0 bridgehead atoms. The van der Waals surface area contributed by atoms with E-state index in [0.717, 1.165) is 6.26 Å². The molecular weight excluding hydrogens is 442 g/mol. The Balaban J connectivity index is 1.80. The lowest BCUT2D eigenvalue weighted by atomic mass is 10.1. The van der Waals surface area contributed by atoms with E-state index < -0.39 is 22.2 Å². The molecule has 3 aromatic rings. The molecule has 2 N–H and O–H groups in total. The molecule has 31 heavy (non-hydrogen) atoms. The molecule has 0 aliphatic rings. The van der Waals surface area contributed by atoms with Gasteiger partial charge in [0.05, 0.1) is 11.9 Å². The van der Waals surface area contributed by atoms with E-state index in [2.05, 4.69) is 15.2 Å². The van der Waals surface area contributed by atoms with E-state index in [4.69, 9.17) is 20.9 Å². The Kier molecular flexibility index (Phi) is 6.56. The van der Waals surface area contributed by atoms with Crippen LogP contribution in [0.5, 0.6) is 0 Å². The largest absolute Gasteiger partial charge is 0.441 e. The van der Waals surface area contributed by atoms with Gasteiger partial charge in [-0.2, -0.15) is 0 Å². The lowest BCUT2D eigenvalue weighted by molar-refractivity contribution is 0.121. The Bertz CT molecular complexity index is 1220. The van der Waals surface area contributed by atoms with Gasteiger partial charge in [-0.25, -0.2) is 13.2 Å². The number of nitrogens with zero attached hydrogens (tertiary/aromatic N) is 1. The first-order valence-electron chi connectivity index (χ1n) is 9.32. The van der Waals surface area contributed by atoms with Crippen LogP contribution in [-0.4, -0.2) is 25.9 Å². The van der Waals surface area contributed by atoms with Gasteiger partial charge in [0.1, 0.15) is 17.5 Å². The number of hydrogen-bond acceptors (Lipinski definition) is 6. The number of sulfonamides is 1. The SMILES string of the molecule is Cc1cc(-c2onc(C)c2NC(=O)OC(C)c2ccccc2Cl)ccc1NS(C)(=O)=O. The third-order valence-corrected chi connectivity index (χ3v) is 5.44. The molecule has 0 fully saturated rings. The molecule has 0 spiro atoms. The Morgan fingerprint density at radius 3 is 2.55 bits per heavy atom. The lowest BCUT2D eigenvalue weighted by Crippen LogP contribution is -2.17. The van der Waals surface area contributed by atoms with Crippen molar-refractivity contribution in [1.29, 1.82) is 0 Å². The minimum absolute atomic E-state index is 0.328. The highest BCUT2D eigenvalue weighted by atomic mass is 35.5. The summed E-state index contributed by atoms with van der Waals surface area (Å²) in [6, 6.07) is 12.1. The summed E-state index contributed by atoms with van der Waals surface area (Å²) in [4.78, 5) is 12.5. The molecule has 0 radical (unpaired) electrons. The van der Waals surface area contributed by atoms with Crippen LogP contribution in [0.2, 0.25) is 5.02 Å². The van der Waals surface area contributed by atoms with Crippen LogP contribution in [0.1, 0.15) is 29.8 Å². The monoisotopic (exact) mass is 463 g/mol. The average Bonchev–Trinajstić information content (AvgIpc) is 3.03. The van der Waals surface area contributed by atoms with Crippen molar-refractivity contribution in [3.8, 4) is 11.3 Å². The molecule has 0 saturated heterocycles. The number of aromatic nitrogens is 1. The second-order valence-electron chi connectivity index (χ2n) is 7.07. The number of halogens is 1. The first kappa shape index (κ1) is 22.6. The second-order valence-corrected chi connectivity index (χ2v) is 9.23. The summed E-state index contributed by atoms with van der Waals surface area (Å²) < 4.78 is 36.3.